The maximum absolute atomic E-state index is 12.9. The van der Waals surface area contributed by atoms with E-state index in [4.69, 9.17) is 5.73 Å². The van der Waals surface area contributed by atoms with Gasteiger partial charge in [0.15, 0.2) is 9.84 Å². The van der Waals surface area contributed by atoms with Gasteiger partial charge in [0.05, 0.1) is 9.79 Å². The summed E-state index contributed by atoms with van der Waals surface area (Å²) in [6, 6.07) is 4.16. The topological polar surface area (TPSA) is 97.5 Å². The zero-order valence-electron chi connectivity index (χ0n) is 14.1. The van der Waals surface area contributed by atoms with Crippen molar-refractivity contribution < 1.29 is 16.8 Å². The molecular weight excluding hydrogens is 372 g/mol. The SMILES string of the molecule is Cc1ccc(S(C)(=O)=O)cc1S(=O)(=O)N1CCCC(C(C)N)C1.Cl. The van der Waals surface area contributed by atoms with Crippen molar-refractivity contribution in [2.75, 3.05) is 19.3 Å². The number of piperidine rings is 1. The number of rotatable bonds is 4. The molecule has 9 heteroatoms. The smallest absolute Gasteiger partial charge is 0.243 e. The molecule has 1 fully saturated rings. The fourth-order valence-corrected chi connectivity index (χ4v) is 5.36. The Morgan fingerprint density at radius 3 is 2.42 bits per heavy atom. The van der Waals surface area contributed by atoms with E-state index >= 15 is 0 Å². The van der Waals surface area contributed by atoms with E-state index in [1.807, 2.05) is 6.92 Å². The summed E-state index contributed by atoms with van der Waals surface area (Å²) in [6.45, 7) is 4.37. The monoisotopic (exact) mass is 396 g/mol. The van der Waals surface area contributed by atoms with Crippen molar-refractivity contribution in [1.82, 2.24) is 4.31 Å². The Kier molecular flexibility index (Phi) is 6.85. The molecule has 138 valence electrons. The van der Waals surface area contributed by atoms with E-state index in [-0.39, 0.29) is 34.2 Å². The van der Waals surface area contributed by atoms with Crippen molar-refractivity contribution in [2.24, 2.45) is 11.7 Å². The highest BCUT2D eigenvalue weighted by atomic mass is 35.5. The number of hydrogen-bond donors (Lipinski definition) is 1. The van der Waals surface area contributed by atoms with Crippen LogP contribution in [-0.2, 0) is 19.9 Å². The zero-order chi connectivity index (χ0) is 17.4. The Hall–Kier alpha value is -0.670. The van der Waals surface area contributed by atoms with Crippen LogP contribution >= 0.6 is 12.4 Å². The van der Waals surface area contributed by atoms with Crippen LogP contribution in [0, 0.1) is 12.8 Å². The highest BCUT2D eigenvalue weighted by molar-refractivity contribution is 7.91. The largest absolute Gasteiger partial charge is 0.328 e. The van der Waals surface area contributed by atoms with Crippen molar-refractivity contribution in [2.45, 2.75) is 42.5 Å². The molecule has 2 N–H and O–H groups in total. The Bertz CT molecular complexity index is 792. The van der Waals surface area contributed by atoms with Crippen LogP contribution in [0.4, 0.5) is 0 Å². The van der Waals surface area contributed by atoms with Crippen molar-refractivity contribution in [3.8, 4) is 0 Å². The number of nitrogens with zero attached hydrogens (tertiary/aromatic N) is 1. The molecule has 1 aliphatic heterocycles. The predicted molar refractivity (Wildman–Crippen MR) is 96.7 cm³/mol. The first-order chi connectivity index (χ1) is 10.5. The van der Waals surface area contributed by atoms with Gasteiger partial charge in [-0.15, -0.1) is 12.4 Å². The van der Waals surface area contributed by atoms with Crippen LogP contribution < -0.4 is 5.73 Å². The summed E-state index contributed by atoms with van der Waals surface area (Å²) in [4.78, 5) is 0.0770. The predicted octanol–water partition coefficient (Wildman–Crippen LogP) is 1.57. The molecule has 2 atom stereocenters. The summed E-state index contributed by atoms with van der Waals surface area (Å²) < 4.78 is 50.8. The van der Waals surface area contributed by atoms with Crippen molar-refractivity contribution >= 4 is 32.3 Å². The van der Waals surface area contributed by atoms with Crippen LogP contribution in [0.1, 0.15) is 25.3 Å². The maximum atomic E-state index is 12.9. The van der Waals surface area contributed by atoms with Crippen LogP contribution in [0.15, 0.2) is 28.0 Å². The third-order valence-electron chi connectivity index (χ3n) is 4.37. The lowest BCUT2D eigenvalue weighted by molar-refractivity contribution is 0.243. The van der Waals surface area contributed by atoms with Crippen LogP contribution in [0.5, 0.6) is 0 Å². The maximum Gasteiger partial charge on any atom is 0.243 e. The number of nitrogens with two attached hydrogens (primary N) is 1. The number of hydrogen-bond acceptors (Lipinski definition) is 5. The first-order valence-corrected chi connectivity index (χ1v) is 10.9. The van der Waals surface area contributed by atoms with Crippen LogP contribution in [0.2, 0.25) is 0 Å². The van der Waals surface area contributed by atoms with Gasteiger partial charge in [0.2, 0.25) is 10.0 Å². The Balaban J connectivity index is 0.00000288. The second kappa shape index (κ2) is 7.70. The van der Waals surface area contributed by atoms with E-state index in [0.29, 0.717) is 18.7 Å². The molecule has 2 rings (SSSR count). The lowest BCUT2D eigenvalue weighted by Gasteiger charge is -2.34. The molecule has 0 saturated carbocycles. The fraction of sp³-hybridized carbons (Fsp3) is 0.600. The molecule has 0 radical (unpaired) electrons. The molecule has 24 heavy (non-hydrogen) atoms. The van der Waals surface area contributed by atoms with Crippen LogP contribution in [0.3, 0.4) is 0 Å². The van der Waals surface area contributed by atoms with E-state index in [0.717, 1.165) is 19.1 Å². The first kappa shape index (κ1) is 21.4. The van der Waals surface area contributed by atoms with Crippen LogP contribution in [0.25, 0.3) is 0 Å². The number of sulfonamides is 1. The molecule has 1 heterocycles. The fourth-order valence-electron chi connectivity index (χ4n) is 2.85. The van der Waals surface area contributed by atoms with Crippen LogP contribution in [-0.4, -0.2) is 46.5 Å². The second-order valence-corrected chi connectivity index (χ2v) is 10.2. The lowest BCUT2D eigenvalue weighted by atomic mass is 9.93. The van der Waals surface area contributed by atoms with Gasteiger partial charge in [-0.1, -0.05) is 6.07 Å². The van der Waals surface area contributed by atoms with E-state index in [9.17, 15) is 16.8 Å². The molecule has 2 unspecified atom stereocenters. The van der Waals surface area contributed by atoms with Gasteiger partial charge in [0, 0.05) is 25.4 Å². The van der Waals surface area contributed by atoms with Crippen molar-refractivity contribution in [3.05, 3.63) is 23.8 Å². The number of sulfone groups is 1. The molecule has 0 aliphatic carbocycles. The Morgan fingerprint density at radius 1 is 1.25 bits per heavy atom. The third kappa shape index (κ3) is 4.49. The van der Waals surface area contributed by atoms with E-state index in [2.05, 4.69) is 0 Å². The minimum absolute atomic E-state index is 0. The van der Waals surface area contributed by atoms with Gasteiger partial charge in [0.1, 0.15) is 0 Å². The molecule has 0 bridgehead atoms. The number of aryl methyl sites for hydroxylation is 1. The summed E-state index contributed by atoms with van der Waals surface area (Å²) >= 11 is 0. The molecule has 0 spiro atoms. The highest BCUT2D eigenvalue weighted by Gasteiger charge is 2.32. The number of halogens is 1. The minimum atomic E-state index is -3.73. The molecule has 1 saturated heterocycles. The van der Waals surface area contributed by atoms with Gasteiger partial charge in [-0.05, 0) is 50.3 Å². The third-order valence-corrected chi connectivity index (χ3v) is 7.49. The molecule has 0 aromatic heterocycles. The van der Waals surface area contributed by atoms with Gasteiger partial charge < -0.3 is 5.73 Å². The van der Waals surface area contributed by atoms with Crippen molar-refractivity contribution in [3.63, 3.8) is 0 Å². The quantitative estimate of drug-likeness (QED) is 0.832. The Morgan fingerprint density at radius 2 is 1.88 bits per heavy atom. The summed E-state index contributed by atoms with van der Waals surface area (Å²) in [5.74, 6) is 0.122. The molecule has 1 aliphatic rings. The summed E-state index contributed by atoms with van der Waals surface area (Å²) in [6.07, 6.45) is 2.74. The summed E-state index contributed by atoms with van der Waals surface area (Å²) in [5.41, 5.74) is 6.46. The molecule has 1 aromatic rings. The average molecular weight is 397 g/mol. The van der Waals surface area contributed by atoms with Crippen molar-refractivity contribution in [1.29, 1.82) is 0 Å². The lowest BCUT2D eigenvalue weighted by Crippen LogP contribution is -2.45. The summed E-state index contributed by atoms with van der Waals surface area (Å²) in [5, 5.41) is 0. The minimum Gasteiger partial charge on any atom is -0.328 e. The summed E-state index contributed by atoms with van der Waals surface area (Å²) in [7, 11) is -7.19. The van der Waals surface area contributed by atoms with Gasteiger partial charge in [0.25, 0.3) is 0 Å². The molecular formula is C15H25ClN2O4S2. The standard InChI is InChI=1S/C15H24N2O4S2.ClH/c1-11-6-7-14(22(3,18)19)9-15(11)23(20,21)17-8-4-5-13(10-17)12(2)16;/h6-7,9,12-13H,4-5,8,10,16H2,1-3H3;1H. The normalized spacial score (nSPS) is 21.1. The van der Waals surface area contributed by atoms with Gasteiger partial charge in [-0.2, -0.15) is 4.31 Å². The average Bonchev–Trinajstić information content (AvgIpc) is 2.46. The van der Waals surface area contributed by atoms with E-state index in [1.54, 1.807) is 6.92 Å². The molecule has 0 amide bonds. The second-order valence-electron chi connectivity index (χ2n) is 6.32. The van der Waals surface area contributed by atoms with Gasteiger partial charge in [-0.25, -0.2) is 16.8 Å². The van der Waals surface area contributed by atoms with Gasteiger partial charge in [-0.3, -0.25) is 0 Å². The Labute approximate surface area is 150 Å². The zero-order valence-corrected chi connectivity index (χ0v) is 16.5. The number of benzene rings is 1. The highest BCUT2D eigenvalue weighted by Crippen LogP contribution is 2.28. The first-order valence-electron chi connectivity index (χ1n) is 7.60. The van der Waals surface area contributed by atoms with E-state index in [1.165, 1.54) is 22.5 Å². The van der Waals surface area contributed by atoms with E-state index < -0.39 is 19.9 Å². The molecule has 1 aromatic carbocycles. The molecule has 6 nitrogen and oxygen atoms in total. The van der Waals surface area contributed by atoms with Gasteiger partial charge >= 0.3 is 0 Å².